The summed E-state index contributed by atoms with van der Waals surface area (Å²) in [6, 6.07) is 6.64. The molecule has 0 saturated carbocycles. The van der Waals surface area contributed by atoms with Gasteiger partial charge in [-0.15, -0.1) is 11.3 Å². The summed E-state index contributed by atoms with van der Waals surface area (Å²) in [7, 11) is -3.54. The van der Waals surface area contributed by atoms with E-state index in [9.17, 15) is 13.2 Å². The third-order valence-corrected chi connectivity index (χ3v) is 6.27. The van der Waals surface area contributed by atoms with Crippen molar-refractivity contribution < 1.29 is 13.2 Å². The highest BCUT2D eigenvalue weighted by atomic mass is 32.2. The second-order valence-electron chi connectivity index (χ2n) is 4.19. The average Bonchev–Trinajstić information content (AvgIpc) is 2.94. The fraction of sp³-hybridized carbons (Fsp3) is 0.231. The maximum absolute atomic E-state index is 12.6. The van der Waals surface area contributed by atoms with Gasteiger partial charge in [-0.25, -0.2) is 8.42 Å². The van der Waals surface area contributed by atoms with E-state index < -0.39 is 15.1 Å². The van der Waals surface area contributed by atoms with Gasteiger partial charge in [0.1, 0.15) is 9.46 Å². The first-order valence-electron chi connectivity index (χ1n) is 5.93. The molecule has 1 atom stereocenters. The van der Waals surface area contributed by atoms with Crippen molar-refractivity contribution in [3.8, 4) is 0 Å². The monoisotopic (exact) mass is 310 g/mol. The molecule has 106 valence electrons. The quantitative estimate of drug-likeness (QED) is 0.913. The van der Waals surface area contributed by atoms with E-state index in [1.807, 2.05) is 0 Å². The Labute approximate surface area is 121 Å². The van der Waals surface area contributed by atoms with Gasteiger partial charge in [-0.2, -0.15) is 0 Å². The van der Waals surface area contributed by atoms with Crippen LogP contribution in [0.5, 0.6) is 0 Å². The van der Waals surface area contributed by atoms with Crippen molar-refractivity contribution in [1.29, 1.82) is 0 Å². The van der Waals surface area contributed by atoms with Crippen LogP contribution in [0.3, 0.4) is 0 Å². The fourth-order valence-corrected chi connectivity index (χ4v) is 4.62. The third kappa shape index (κ3) is 3.23. The van der Waals surface area contributed by atoms with E-state index in [1.54, 1.807) is 35.8 Å². The molecule has 0 saturated heterocycles. The summed E-state index contributed by atoms with van der Waals surface area (Å²) in [4.78, 5) is 15.0. The smallest absolute Gasteiger partial charge is 0.216 e. The number of amides is 1. The van der Waals surface area contributed by atoms with Crippen LogP contribution in [0.4, 0.5) is 0 Å². The summed E-state index contributed by atoms with van der Waals surface area (Å²) >= 11 is 1.17. The SMILES string of the molecule is CC(=O)NCC(c1cccnc1)S(=O)(=O)c1cccs1. The Morgan fingerprint density at radius 3 is 2.75 bits per heavy atom. The lowest BCUT2D eigenvalue weighted by Gasteiger charge is -2.17. The minimum Gasteiger partial charge on any atom is -0.355 e. The van der Waals surface area contributed by atoms with Gasteiger partial charge in [0.15, 0.2) is 9.84 Å². The minimum absolute atomic E-state index is 0.0290. The number of carbonyl (C=O) groups excluding carboxylic acids is 1. The van der Waals surface area contributed by atoms with Gasteiger partial charge in [0.2, 0.25) is 5.91 Å². The standard InChI is InChI=1S/C13H14N2O3S2/c1-10(16)15-9-12(11-4-2-6-14-8-11)20(17,18)13-5-3-7-19-13/h2-8,12H,9H2,1H3,(H,15,16). The molecule has 0 aromatic carbocycles. The second-order valence-corrected chi connectivity index (χ2v) is 7.49. The number of pyridine rings is 1. The summed E-state index contributed by atoms with van der Waals surface area (Å²) in [5, 5.41) is 3.45. The second kappa shape index (κ2) is 6.15. The van der Waals surface area contributed by atoms with Crippen LogP contribution >= 0.6 is 11.3 Å². The number of sulfone groups is 1. The van der Waals surface area contributed by atoms with Crippen LogP contribution in [0.2, 0.25) is 0 Å². The number of rotatable bonds is 5. The fourth-order valence-electron chi connectivity index (χ4n) is 1.78. The van der Waals surface area contributed by atoms with Crippen molar-refractivity contribution in [2.24, 2.45) is 0 Å². The Morgan fingerprint density at radius 2 is 2.20 bits per heavy atom. The number of nitrogens with zero attached hydrogens (tertiary/aromatic N) is 1. The molecule has 2 heterocycles. The van der Waals surface area contributed by atoms with Gasteiger partial charge in [-0.1, -0.05) is 12.1 Å². The van der Waals surface area contributed by atoms with E-state index in [4.69, 9.17) is 0 Å². The van der Waals surface area contributed by atoms with Gasteiger partial charge < -0.3 is 5.32 Å². The van der Waals surface area contributed by atoms with Crippen molar-refractivity contribution in [2.75, 3.05) is 6.54 Å². The molecule has 5 nitrogen and oxygen atoms in total. The zero-order valence-corrected chi connectivity index (χ0v) is 12.4. The maximum atomic E-state index is 12.6. The van der Waals surface area contributed by atoms with Crippen LogP contribution in [0.15, 0.2) is 46.2 Å². The first kappa shape index (κ1) is 14.7. The van der Waals surface area contributed by atoms with E-state index >= 15 is 0 Å². The van der Waals surface area contributed by atoms with E-state index in [2.05, 4.69) is 10.3 Å². The lowest BCUT2D eigenvalue weighted by Crippen LogP contribution is -2.30. The predicted octanol–water partition coefficient (Wildman–Crippen LogP) is 1.79. The van der Waals surface area contributed by atoms with Crippen LogP contribution in [0.1, 0.15) is 17.7 Å². The van der Waals surface area contributed by atoms with Crippen molar-refractivity contribution in [2.45, 2.75) is 16.4 Å². The van der Waals surface area contributed by atoms with Gasteiger partial charge in [-0.3, -0.25) is 9.78 Å². The van der Waals surface area contributed by atoms with Crippen LogP contribution in [-0.2, 0) is 14.6 Å². The molecule has 2 aromatic heterocycles. The Kier molecular flexibility index (Phi) is 4.51. The molecule has 0 aliphatic rings. The van der Waals surface area contributed by atoms with Crippen LogP contribution in [0, 0.1) is 0 Å². The number of thiophene rings is 1. The van der Waals surface area contributed by atoms with Gasteiger partial charge in [0, 0.05) is 25.9 Å². The Bertz CT molecular complexity index is 667. The topological polar surface area (TPSA) is 76.1 Å². The molecular formula is C13H14N2O3S2. The number of aromatic nitrogens is 1. The van der Waals surface area contributed by atoms with Crippen molar-refractivity contribution >= 4 is 27.1 Å². The molecule has 1 N–H and O–H groups in total. The third-order valence-electron chi connectivity index (χ3n) is 2.74. The average molecular weight is 310 g/mol. The molecule has 0 aliphatic carbocycles. The van der Waals surface area contributed by atoms with Crippen LogP contribution in [-0.4, -0.2) is 25.9 Å². The zero-order chi connectivity index (χ0) is 14.6. The summed E-state index contributed by atoms with van der Waals surface area (Å²) < 4.78 is 25.6. The van der Waals surface area contributed by atoms with Gasteiger partial charge >= 0.3 is 0 Å². The normalized spacial score (nSPS) is 12.8. The van der Waals surface area contributed by atoms with Gasteiger partial charge in [0.05, 0.1) is 0 Å². The zero-order valence-electron chi connectivity index (χ0n) is 10.8. The summed E-state index contributed by atoms with van der Waals surface area (Å²) in [5.41, 5.74) is 0.564. The lowest BCUT2D eigenvalue weighted by atomic mass is 10.2. The van der Waals surface area contributed by atoms with E-state index in [0.29, 0.717) is 5.56 Å². The molecule has 0 bridgehead atoms. The first-order chi connectivity index (χ1) is 9.51. The Balaban J connectivity index is 2.39. The molecule has 7 heteroatoms. The van der Waals surface area contributed by atoms with Crippen molar-refractivity contribution in [3.05, 3.63) is 47.6 Å². The van der Waals surface area contributed by atoms with Crippen LogP contribution < -0.4 is 5.32 Å². The van der Waals surface area contributed by atoms with Gasteiger partial charge in [-0.05, 0) is 23.1 Å². The van der Waals surface area contributed by atoms with E-state index in [-0.39, 0.29) is 16.7 Å². The summed E-state index contributed by atoms with van der Waals surface area (Å²) in [6.45, 7) is 1.39. The molecule has 2 rings (SSSR count). The van der Waals surface area contributed by atoms with Crippen molar-refractivity contribution in [3.63, 3.8) is 0 Å². The Hall–Kier alpha value is -1.73. The molecule has 0 spiro atoms. The molecule has 0 fully saturated rings. The number of carbonyl (C=O) groups is 1. The number of nitrogens with one attached hydrogen (secondary N) is 1. The molecular weight excluding hydrogens is 296 g/mol. The summed E-state index contributed by atoms with van der Waals surface area (Å²) in [5.74, 6) is -0.264. The molecule has 2 aromatic rings. The van der Waals surface area contributed by atoms with Crippen molar-refractivity contribution in [1.82, 2.24) is 10.3 Å². The number of hydrogen-bond acceptors (Lipinski definition) is 5. The largest absolute Gasteiger partial charge is 0.355 e. The lowest BCUT2D eigenvalue weighted by molar-refractivity contribution is -0.118. The highest BCUT2D eigenvalue weighted by Gasteiger charge is 2.30. The highest BCUT2D eigenvalue weighted by molar-refractivity contribution is 7.93. The molecule has 0 aliphatic heterocycles. The molecule has 20 heavy (non-hydrogen) atoms. The predicted molar refractivity (Wildman–Crippen MR) is 77.2 cm³/mol. The maximum Gasteiger partial charge on any atom is 0.216 e. The first-order valence-corrected chi connectivity index (χ1v) is 8.36. The molecule has 1 amide bonds. The molecule has 0 radical (unpaired) electrons. The van der Waals surface area contributed by atoms with Gasteiger partial charge in [0.25, 0.3) is 0 Å². The van der Waals surface area contributed by atoms with E-state index in [1.165, 1.54) is 24.5 Å². The number of hydrogen-bond donors (Lipinski definition) is 1. The minimum atomic E-state index is -3.54. The Morgan fingerprint density at radius 1 is 1.40 bits per heavy atom. The van der Waals surface area contributed by atoms with Crippen LogP contribution in [0.25, 0.3) is 0 Å². The van der Waals surface area contributed by atoms with E-state index in [0.717, 1.165) is 0 Å². The highest BCUT2D eigenvalue weighted by Crippen LogP contribution is 2.30. The summed E-state index contributed by atoms with van der Waals surface area (Å²) in [6.07, 6.45) is 3.09. The molecule has 1 unspecified atom stereocenters.